The second-order valence-corrected chi connectivity index (χ2v) is 0.825. The van der Waals surface area contributed by atoms with Crippen LogP contribution in [0.5, 0.6) is 0 Å². The van der Waals surface area contributed by atoms with E-state index >= 15 is 0 Å². The van der Waals surface area contributed by atoms with Gasteiger partial charge >= 0.3 is 59.1 Å². The van der Waals surface area contributed by atoms with E-state index in [0.717, 1.165) is 0 Å². The predicted octanol–water partition coefficient (Wildman–Crippen LogP) is -9.50. The summed E-state index contributed by atoms with van der Waals surface area (Å²) >= 11 is 0. The molecule has 0 aromatic carbocycles. The minimum atomic E-state index is -1.73. The monoisotopic (exact) mass is 159 g/mol. The second kappa shape index (κ2) is 9.50. The minimum absolute atomic E-state index is 0. The predicted molar refractivity (Wildman–Crippen MR) is 17.8 cm³/mol. The van der Waals surface area contributed by atoms with E-state index in [4.69, 9.17) is 0 Å². The molecule has 0 amide bonds. The van der Waals surface area contributed by atoms with Gasteiger partial charge in [-0.25, -0.2) is 0 Å². The first kappa shape index (κ1) is 16.8. The molecule has 0 bridgehead atoms. The Labute approximate surface area is 102 Å². The van der Waals surface area contributed by atoms with E-state index in [1.807, 2.05) is 0 Å². The van der Waals surface area contributed by atoms with Gasteiger partial charge in [-0.3, -0.25) is 0 Å². The summed E-state index contributed by atoms with van der Waals surface area (Å²) in [6.45, 7) is 0. The summed E-state index contributed by atoms with van der Waals surface area (Å²) in [5.74, 6) is -0.978. The van der Waals surface area contributed by atoms with Gasteiger partial charge in [0.25, 0.3) is 0 Å². The number of carbonyl (C=O) groups is 2. The van der Waals surface area contributed by atoms with Crippen molar-refractivity contribution in [3.05, 3.63) is 0 Å². The molecule has 0 rings (SSSR count). The molecule has 0 aliphatic carbocycles. The largest absolute Gasteiger partial charge is 1.00 e. The van der Waals surface area contributed by atoms with E-state index in [2.05, 4.69) is 0 Å². The molecule has 0 atom stereocenters. The topological polar surface area (TPSA) is 80.3 Å². The number of rotatable bonds is 0. The first-order valence-electron chi connectivity index (χ1n) is 1.57. The molecule has 0 N–H and O–H groups in total. The van der Waals surface area contributed by atoms with Crippen LogP contribution in [0.25, 0.3) is 0 Å². The van der Waals surface area contributed by atoms with Crippen LogP contribution in [-0.2, 0) is 9.59 Å². The maximum Gasteiger partial charge on any atom is 1.00 e. The Bertz CT molecular complexity index is 159. The fraction of sp³-hybridized carbons (Fsp3) is 0. The van der Waals surface area contributed by atoms with Gasteiger partial charge in [-0.2, -0.15) is 0 Å². The van der Waals surface area contributed by atoms with Gasteiger partial charge in [0.2, 0.25) is 0 Å². The fourth-order valence-corrected chi connectivity index (χ4v) is 0.102. The molecule has 0 aromatic heterocycles. The average Bonchev–Trinajstić information content (AvgIpc) is 1.61. The number of carbonyl (C=O) groups excluding carboxylic acids is 2. The summed E-state index contributed by atoms with van der Waals surface area (Å²) < 4.78 is 0. The third-order valence-electron chi connectivity index (χ3n) is 0.267. The van der Waals surface area contributed by atoms with Crippen molar-refractivity contribution in [2.45, 2.75) is 0 Å². The Hall–Kier alpha value is 0.500. The summed E-state index contributed by atoms with van der Waals surface area (Å²) in [7, 11) is 0. The molecule has 10 heavy (non-hydrogen) atoms. The number of aliphatic carboxylic acids is 2. The Morgan fingerprint density at radius 1 is 0.900 bits per heavy atom. The molecule has 0 unspecified atom stereocenters. The standard InChI is InChI=1S/C4H2O4.2Na/c5-3(6)1-2-4(7)8;;/h(H,5,6)(H,7,8);;/q;2*+1/p-2/i1+1;;. The van der Waals surface area contributed by atoms with E-state index in [9.17, 15) is 19.8 Å². The van der Waals surface area contributed by atoms with Crippen LogP contribution in [-0.4, -0.2) is 11.9 Å². The zero-order valence-electron chi connectivity index (χ0n) is 5.63. The van der Waals surface area contributed by atoms with Crippen LogP contribution >= 0.6 is 0 Å². The van der Waals surface area contributed by atoms with Crippen LogP contribution < -0.4 is 69.3 Å². The maximum absolute atomic E-state index is 9.33. The Morgan fingerprint density at radius 3 is 1.20 bits per heavy atom. The summed E-state index contributed by atoms with van der Waals surface area (Å²) in [6, 6.07) is 0. The van der Waals surface area contributed by atoms with Crippen LogP contribution in [0.3, 0.4) is 0 Å². The number of carboxylic acid groups (broad SMARTS) is 2. The van der Waals surface area contributed by atoms with Crippen molar-refractivity contribution in [3.8, 4) is 11.8 Å². The van der Waals surface area contributed by atoms with Crippen LogP contribution in [0.1, 0.15) is 0 Å². The van der Waals surface area contributed by atoms with Crippen molar-refractivity contribution in [2.24, 2.45) is 0 Å². The summed E-state index contributed by atoms with van der Waals surface area (Å²) in [5, 5.41) is 18.7. The molecule has 0 spiro atoms. The van der Waals surface area contributed by atoms with E-state index in [-0.39, 0.29) is 59.1 Å². The molecule has 0 heterocycles. The first-order chi connectivity index (χ1) is 3.63. The van der Waals surface area contributed by atoms with Crippen molar-refractivity contribution in [3.63, 3.8) is 0 Å². The van der Waals surface area contributed by atoms with Gasteiger partial charge in [-0.05, 0) is 11.8 Å². The molecule has 0 radical (unpaired) electrons. The summed E-state index contributed by atoms with van der Waals surface area (Å²) in [6.07, 6.45) is 0. The zero-order valence-corrected chi connectivity index (χ0v) is 9.63. The average molecular weight is 159 g/mol. The van der Waals surface area contributed by atoms with E-state index in [0.29, 0.717) is 0 Å². The third kappa shape index (κ3) is 15.8. The molecule has 0 saturated heterocycles. The van der Waals surface area contributed by atoms with E-state index in [1.165, 1.54) is 11.8 Å². The van der Waals surface area contributed by atoms with Crippen molar-refractivity contribution >= 4 is 11.9 Å². The quantitative estimate of drug-likeness (QED) is 0.199. The van der Waals surface area contributed by atoms with Gasteiger partial charge < -0.3 is 19.8 Å². The number of carboxylic acids is 2. The van der Waals surface area contributed by atoms with Gasteiger partial charge in [-0.1, -0.05) is 0 Å². The fourth-order valence-electron chi connectivity index (χ4n) is 0.102. The molecular formula is C4Na2O4. The first-order valence-corrected chi connectivity index (χ1v) is 1.57. The van der Waals surface area contributed by atoms with Gasteiger partial charge in [0, 0.05) is 0 Å². The summed E-state index contributed by atoms with van der Waals surface area (Å²) in [4.78, 5) is 18.7. The molecule has 0 aliphatic heterocycles. The van der Waals surface area contributed by atoms with Crippen molar-refractivity contribution in [1.29, 1.82) is 0 Å². The second-order valence-electron chi connectivity index (χ2n) is 0.825. The normalized spacial score (nSPS) is 5.20. The minimum Gasteiger partial charge on any atom is -0.537 e. The van der Waals surface area contributed by atoms with Crippen LogP contribution in [0, 0.1) is 11.8 Å². The van der Waals surface area contributed by atoms with Gasteiger partial charge in [0.15, 0.2) is 0 Å². The SMILES string of the molecule is O=C([O-])C#[13C]C(=O)[O-].[Na+].[Na+]. The molecular weight excluding hydrogens is 159 g/mol. The van der Waals surface area contributed by atoms with Crippen molar-refractivity contribution in [1.82, 2.24) is 0 Å². The Morgan fingerprint density at radius 2 is 1.10 bits per heavy atom. The van der Waals surface area contributed by atoms with Crippen molar-refractivity contribution < 1.29 is 78.9 Å². The molecule has 4 nitrogen and oxygen atoms in total. The van der Waals surface area contributed by atoms with Gasteiger partial charge in [0.05, 0.1) is 0 Å². The number of hydrogen-bond donors (Lipinski definition) is 0. The van der Waals surface area contributed by atoms with Gasteiger partial charge in [-0.15, -0.1) is 0 Å². The zero-order chi connectivity index (χ0) is 6.57. The molecule has 0 aromatic rings. The van der Waals surface area contributed by atoms with Crippen LogP contribution in [0.15, 0.2) is 0 Å². The number of hydrogen-bond acceptors (Lipinski definition) is 4. The molecule has 42 valence electrons. The summed E-state index contributed by atoms with van der Waals surface area (Å²) in [5.41, 5.74) is 0. The van der Waals surface area contributed by atoms with Crippen molar-refractivity contribution in [2.75, 3.05) is 0 Å². The van der Waals surface area contributed by atoms with Gasteiger partial charge in [0.1, 0.15) is 11.9 Å². The molecule has 6 heteroatoms. The molecule has 0 fully saturated rings. The van der Waals surface area contributed by atoms with E-state index in [1.54, 1.807) is 0 Å². The van der Waals surface area contributed by atoms with Crippen LogP contribution in [0.4, 0.5) is 0 Å². The maximum atomic E-state index is 9.33. The molecule has 0 saturated carbocycles. The van der Waals surface area contributed by atoms with E-state index < -0.39 is 11.9 Å². The third-order valence-corrected chi connectivity index (χ3v) is 0.267. The van der Waals surface area contributed by atoms with Crippen LogP contribution in [0.2, 0.25) is 0 Å². The Kier molecular flexibility index (Phi) is 16.0. The smallest absolute Gasteiger partial charge is 0.537 e. The Balaban J connectivity index is -0.000000245. The molecule has 0 aliphatic rings.